The first kappa shape index (κ1) is 23.2. The van der Waals surface area contributed by atoms with E-state index in [0.29, 0.717) is 17.7 Å². The average Bonchev–Trinajstić information content (AvgIpc) is 3.42. The zero-order valence-electron chi connectivity index (χ0n) is 19.4. The Hall–Kier alpha value is -3.59. The number of likely N-dealkylation sites (N-methyl/N-ethyl adjacent to an activating group) is 1. The lowest BCUT2D eigenvalue weighted by molar-refractivity contribution is 0.0950. The molecule has 0 saturated heterocycles. The monoisotopic (exact) mass is 485 g/mol. The Bertz CT molecular complexity index is 1290. The second-order valence-corrected chi connectivity index (χ2v) is 9.44. The Morgan fingerprint density at radius 1 is 0.971 bits per heavy atom. The summed E-state index contributed by atoms with van der Waals surface area (Å²) < 4.78 is 0. The summed E-state index contributed by atoms with van der Waals surface area (Å²) in [6.45, 7) is 2.28. The van der Waals surface area contributed by atoms with Crippen LogP contribution in [0.25, 0.3) is 5.70 Å². The van der Waals surface area contributed by atoms with Crippen molar-refractivity contribution in [3.63, 3.8) is 0 Å². The maximum atomic E-state index is 12.9. The van der Waals surface area contributed by atoms with E-state index < -0.39 is 0 Å². The van der Waals surface area contributed by atoms with Gasteiger partial charge in [0.25, 0.3) is 11.8 Å². The van der Waals surface area contributed by atoms with Crippen LogP contribution in [-0.4, -0.2) is 30.3 Å². The molecule has 0 spiro atoms. The van der Waals surface area contributed by atoms with E-state index in [0.717, 1.165) is 42.0 Å². The molecule has 7 nitrogen and oxygen atoms in total. The normalized spacial score (nSPS) is 15.1. The van der Waals surface area contributed by atoms with E-state index in [-0.39, 0.29) is 11.8 Å². The quantitative estimate of drug-likeness (QED) is 0.396. The highest BCUT2D eigenvalue weighted by Crippen LogP contribution is 2.23. The minimum atomic E-state index is -0.166. The molecule has 4 N–H and O–H groups in total. The molecule has 0 atom stereocenters. The average molecular weight is 486 g/mol. The molecule has 8 heteroatoms. The molecule has 0 aliphatic carbocycles. The van der Waals surface area contributed by atoms with Gasteiger partial charge in [0, 0.05) is 41.9 Å². The molecule has 0 aromatic heterocycles. The standard InChI is InChI=1S/C27H27N5O2S/c1-32-12-11-19-9-10-24(14-23(19)16-32)29-27(34)22-4-2-3-18(13-22)15-28-26(33)21-7-5-20(6-8-21)25-17-35-31-30-25/h2-10,13-14,17,30-31H,11-12,15-16H2,1H3,(H,28,33)(H,29,34). The van der Waals surface area contributed by atoms with Crippen LogP contribution in [0, 0.1) is 0 Å². The smallest absolute Gasteiger partial charge is 0.255 e. The van der Waals surface area contributed by atoms with Crippen molar-refractivity contribution in [2.45, 2.75) is 19.5 Å². The lowest BCUT2D eigenvalue weighted by Crippen LogP contribution is -2.26. The Kier molecular flexibility index (Phi) is 6.85. The molecule has 0 saturated carbocycles. The molecule has 35 heavy (non-hydrogen) atoms. The number of hydrogen-bond donors (Lipinski definition) is 4. The van der Waals surface area contributed by atoms with Crippen molar-refractivity contribution in [2.75, 3.05) is 18.9 Å². The number of amides is 2. The minimum absolute atomic E-state index is 0.161. The summed E-state index contributed by atoms with van der Waals surface area (Å²) in [6.07, 6.45) is 1.03. The fourth-order valence-corrected chi connectivity index (χ4v) is 4.77. The van der Waals surface area contributed by atoms with E-state index in [4.69, 9.17) is 0 Å². The summed E-state index contributed by atoms with van der Waals surface area (Å²) in [5.41, 5.74) is 10.4. The summed E-state index contributed by atoms with van der Waals surface area (Å²) in [4.78, 5) is 30.7. The summed E-state index contributed by atoms with van der Waals surface area (Å²) in [6, 6.07) is 20.9. The number of nitrogens with one attached hydrogen (secondary N) is 4. The minimum Gasteiger partial charge on any atom is -0.348 e. The fraction of sp³-hybridized carbons (Fsp3) is 0.185. The lowest BCUT2D eigenvalue weighted by atomic mass is 9.99. The van der Waals surface area contributed by atoms with Gasteiger partial charge in [0.15, 0.2) is 0 Å². The molecule has 178 valence electrons. The Morgan fingerprint density at radius 3 is 2.63 bits per heavy atom. The maximum Gasteiger partial charge on any atom is 0.255 e. The van der Waals surface area contributed by atoms with Crippen molar-refractivity contribution >= 4 is 35.1 Å². The van der Waals surface area contributed by atoms with Crippen LogP contribution in [0.5, 0.6) is 0 Å². The van der Waals surface area contributed by atoms with Crippen LogP contribution in [0.15, 0.2) is 72.1 Å². The first-order valence-electron chi connectivity index (χ1n) is 11.5. The number of benzene rings is 3. The third-order valence-electron chi connectivity index (χ3n) is 6.19. The van der Waals surface area contributed by atoms with Gasteiger partial charge >= 0.3 is 0 Å². The van der Waals surface area contributed by atoms with E-state index in [1.54, 1.807) is 18.2 Å². The van der Waals surface area contributed by atoms with Gasteiger partial charge in [-0.15, -0.1) is 0 Å². The largest absolute Gasteiger partial charge is 0.348 e. The van der Waals surface area contributed by atoms with Crippen LogP contribution >= 0.6 is 11.9 Å². The highest BCUT2D eigenvalue weighted by Gasteiger charge is 2.15. The molecular weight excluding hydrogens is 458 g/mol. The molecule has 5 rings (SSSR count). The zero-order chi connectivity index (χ0) is 24.2. The highest BCUT2D eigenvalue weighted by molar-refractivity contribution is 8.00. The van der Waals surface area contributed by atoms with Crippen molar-refractivity contribution in [1.29, 1.82) is 0 Å². The second kappa shape index (κ2) is 10.4. The first-order chi connectivity index (χ1) is 17.0. The van der Waals surface area contributed by atoms with E-state index >= 15 is 0 Å². The molecule has 2 heterocycles. The van der Waals surface area contributed by atoms with Crippen molar-refractivity contribution in [3.05, 3.63) is 106 Å². The molecule has 0 bridgehead atoms. The van der Waals surface area contributed by atoms with Gasteiger partial charge in [0.2, 0.25) is 0 Å². The van der Waals surface area contributed by atoms with Crippen molar-refractivity contribution in [2.24, 2.45) is 0 Å². The molecule has 2 aliphatic rings. The van der Waals surface area contributed by atoms with Crippen LogP contribution in [0.1, 0.15) is 43.0 Å². The number of carbonyl (C=O) groups is 2. The fourth-order valence-electron chi connectivity index (χ4n) is 4.23. The van der Waals surface area contributed by atoms with Crippen LogP contribution in [-0.2, 0) is 19.5 Å². The number of rotatable bonds is 6. The molecule has 3 aromatic carbocycles. The molecule has 0 unspecified atom stereocenters. The van der Waals surface area contributed by atoms with Crippen LogP contribution in [0.3, 0.4) is 0 Å². The highest BCUT2D eigenvalue weighted by atomic mass is 32.2. The molecule has 2 aliphatic heterocycles. The maximum absolute atomic E-state index is 12.9. The predicted octanol–water partition coefficient (Wildman–Crippen LogP) is 3.91. The SMILES string of the molecule is CN1CCc2ccc(NC(=O)c3cccc(CNC(=O)c4ccc(C5=CSNN5)cc4)c3)cc2C1. The number of hydrazine groups is 1. The predicted molar refractivity (Wildman–Crippen MR) is 140 cm³/mol. The third-order valence-corrected chi connectivity index (χ3v) is 6.76. The molecule has 0 radical (unpaired) electrons. The number of anilines is 1. The van der Waals surface area contributed by atoms with Gasteiger partial charge in [-0.3, -0.25) is 9.59 Å². The van der Waals surface area contributed by atoms with Crippen molar-refractivity contribution in [3.8, 4) is 0 Å². The molecule has 2 amide bonds. The van der Waals surface area contributed by atoms with Gasteiger partial charge in [-0.05, 0) is 84.1 Å². The molecule has 3 aromatic rings. The lowest BCUT2D eigenvalue weighted by Gasteiger charge is -2.25. The third kappa shape index (κ3) is 5.57. The van der Waals surface area contributed by atoms with Gasteiger partial charge in [-0.1, -0.05) is 30.3 Å². The number of nitrogens with zero attached hydrogens (tertiary/aromatic N) is 1. The first-order valence-corrected chi connectivity index (χ1v) is 12.4. The van der Waals surface area contributed by atoms with E-state index in [9.17, 15) is 9.59 Å². The van der Waals surface area contributed by atoms with Gasteiger partial charge in [0.05, 0.1) is 5.70 Å². The topological polar surface area (TPSA) is 85.5 Å². The van der Waals surface area contributed by atoms with Crippen LogP contribution in [0.4, 0.5) is 5.69 Å². The summed E-state index contributed by atoms with van der Waals surface area (Å²) in [7, 11) is 2.11. The second-order valence-electron chi connectivity index (χ2n) is 8.76. The summed E-state index contributed by atoms with van der Waals surface area (Å²) in [5, 5.41) is 7.92. The van der Waals surface area contributed by atoms with E-state index in [1.165, 1.54) is 23.1 Å². The van der Waals surface area contributed by atoms with E-state index in [1.807, 2.05) is 41.8 Å². The Balaban J connectivity index is 1.19. The zero-order valence-corrected chi connectivity index (χ0v) is 20.2. The Labute approximate surface area is 209 Å². The van der Waals surface area contributed by atoms with Gasteiger partial charge in [-0.2, -0.15) is 4.83 Å². The summed E-state index contributed by atoms with van der Waals surface area (Å²) >= 11 is 1.47. The van der Waals surface area contributed by atoms with Crippen LogP contribution in [0.2, 0.25) is 0 Å². The molecule has 0 fully saturated rings. The summed E-state index contributed by atoms with van der Waals surface area (Å²) in [5.74, 6) is -0.327. The van der Waals surface area contributed by atoms with Crippen molar-refractivity contribution in [1.82, 2.24) is 20.5 Å². The van der Waals surface area contributed by atoms with Gasteiger partial charge in [-0.25, -0.2) is 0 Å². The van der Waals surface area contributed by atoms with Crippen molar-refractivity contribution < 1.29 is 9.59 Å². The van der Waals surface area contributed by atoms with Gasteiger partial charge < -0.3 is 21.0 Å². The number of carbonyl (C=O) groups excluding carboxylic acids is 2. The number of hydrogen-bond acceptors (Lipinski definition) is 6. The molecular formula is C27H27N5O2S. The Morgan fingerprint density at radius 2 is 1.83 bits per heavy atom. The van der Waals surface area contributed by atoms with Gasteiger partial charge in [0.1, 0.15) is 0 Å². The number of fused-ring (bicyclic) bond motifs is 1. The van der Waals surface area contributed by atoms with E-state index in [2.05, 4.69) is 45.0 Å². The van der Waals surface area contributed by atoms with Crippen LogP contribution < -0.4 is 20.9 Å².